The fourth-order valence-corrected chi connectivity index (χ4v) is 3.80. The van der Waals surface area contributed by atoms with Gasteiger partial charge in [0.15, 0.2) is 0 Å². The number of amides is 3. The molecule has 1 aliphatic heterocycles. The van der Waals surface area contributed by atoms with Gasteiger partial charge in [-0.1, -0.05) is 0 Å². The number of carbonyl (C=O) groups is 4. The number of aliphatic carboxylic acids is 1. The maximum Gasteiger partial charge on any atom is 0.490 e. The van der Waals surface area contributed by atoms with Gasteiger partial charge < -0.3 is 36.1 Å². The number of nitrogens with zero attached hydrogens (tertiary/aromatic N) is 4. The SMILES string of the molecule is NC(=NC(=O)OCc1ccc([N+](=O)[O-])cc1)N(CC(O)CC(=O)N[C@H]1CCNC1)C(=O)OCc1ccc([N+](=O)[O-])cc1.O=C(O)C(F)(F)F. The van der Waals surface area contributed by atoms with Crippen molar-refractivity contribution in [1.82, 2.24) is 15.5 Å². The largest absolute Gasteiger partial charge is 0.490 e. The number of aliphatic hydroxyl groups is 1. The van der Waals surface area contributed by atoms with Crippen LogP contribution in [0.4, 0.5) is 34.1 Å². The van der Waals surface area contributed by atoms with Gasteiger partial charge in [-0.2, -0.15) is 13.2 Å². The van der Waals surface area contributed by atoms with Crippen LogP contribution in [0.15, 0.2) is 53.5 Å². The van der Waals surface area contributed by atoms with E-state index >= 15 is 0 Å². The third-order valence-electron chi connectivity index (χ3n) is 6.20. The number of hydrogen-bond donors (Lipinski definition) is 5. The molecule has 3 rings (SSSR count). The summed E-state index contributed by atoms with van der Waals surface area (Å²) in [4.78, 5) is 71.0. The molecule has 19 nitrogen and oxygen atoms in total. The minimum Gasteiger partial charge on any atom is -0.475 e. The highest BCUT2D eigenvalue weighted by Gasteiger charge is 2.38. The molecule has 0 aliphatic carbocycles. The van der Waals surface area contributed by atoms with Gasteiger partial charge in [-0.25, -0.2) is 19.3 Å². The molecule has 2 aromatic carbocycles. The van der Waals surface area contributed by atoms with E-state index in [0.29, 0.717) is 22.6 Å². The van der Waals surface area contributed by atoms with Gasteiger partial charge in [0.05, 0.1) is 28.9 Å². The smallest absolute Gasteiger partial charge is 0.475 e. The number of nitrogens with one attached hydrogen (secondary N) is 2. The molecule has 49 heavy (non-hydrogen) atoms. The Morgan fingerprint density at radius 3 is 1.92 bits per heavy atom. The number of carboxylic acid groups (broad SMARTS) is 1. The first-order chi connectivity index (χ1) is 23.0. The molecular weight excluding hydrogens is 671 g/mol. The van der Waals surface area contributed by atoms with Gasteiger partial charge in [0.25, 0.3) is 11.4 Å². The minimum atomic E-state index is -5.08. The molecule has 0 saturated carbocycles. The second kappa shape index (κ2) is 18.4. The summed E-state index contributed by atoms with van der Waals surface area (Å²) in [6, 6.07) is 10.3. The Bertz CT molecular complexity index is 1520. The summed E-state index contributed by atoms with van der Waals surface area (Å²) in [7, 11) is 0. The van der Waals surface area contributed by atoms with Crippen LogP contribution in [-0.4, -0.2) is 92.9 Å². The van der Waals surface area contributed by atoms with Gasteiger partial charge in [0, 0.05) is 36.9 Å². The Morgan fingerprint density at radius 1 is 1.00 bits per heavy atom. The number of alkyl halides is 3. The average Bonchev–Trinajstić information content (AvgIpc) is 3.54. The molecule has 3 amide bonds. The fourth-order valence-electron chi connectivity index (χ4n) is 3.80. The molecule has 1 aliphatic rings. The Balaban J connectivity index is 0.00000107. The molecule has 22 heteroatoms. The first-order valence-electron chi connectivity index (χ1n) is 13.9. The summed E-state index contributed by atoms with van der Waals surface area (Å²) in [6.45, 7) is 0.119. The minimum absolute atomic E-state index is 0.0929. The van der Waals surface area contributed by atoms with Gasteiger partial charge in [0.2, 0.25) is 11.9 Å². The van der Waals surface area contributed by atoms with Crippen LogP contribution < -0.4 is 16.4 Å². The summed E-state index contributed by atoms with van der Waals surface area (Å²) in [5.41, 5.74) is 6.38. The highest BCUT2D eigenvalue weighted by molar-refractivity contribution is 5.98. The number of nitrogens with two attached hydrogens (primary N) is 1. The summed E-state index contributed by atoms with van der Waals surface area (Å²) < 4.78 is 41.9. The quantitative estimate of drug-likeness (QED) is 0.0969. The van der Waals surface area contributed by atoms with E-state index in [4.69, 9.17) is 25.1 Å². The van der Waals surface area contributed by atoms with Crippen molar-refractivity contribution in [2.75, 3.05) is 19.6 Å². The van der Waals surface area contributed by atoms with E-state index in [1.165, 1.54) is 48.5 Å². The van der Waals surface area contributed by atoms with E-state index in [2.05, 4.69) is 15.6 Å². The van der Waals surface area contributed by atoms with Crippen LogP contribution in [0, 0.1) is 20.2 Å². The van der Waals surface area contributed by atoms with Gasteiger partial charge >= 0.3 is 24.3 Å². The molecule has 0 bridgehead atoms. The van der Waals surface area contributed by atoms with Crippen molar-refractivity contribution in [3.05, 3.63) is 79.9 Å². The fraction of sp³-hybridized carbons (Fsp3) is 0.370. The predicted molar refractivity (Wildman–Crippen MR) is 159 cm³/mol. The number of hydrogen-bond acceptors (Lipinski definition) is 12. The molecule has 2 atom stereocenters. The molecule has 0 radical (unpaired) electrons. The molecule has 6 N–H and O–H groups in total. The number of halogens is 3. The summed E-state index contributed by atoms with van der Waals surface area (Å²) in [5, 5.41) is 45.1. The maximum atomic E-state index is 12.9. The highest BCUT2D eigenvalue weighted by Crippen LogP contribution is 2.15. The van der Waals surface area contributed by atoms with Gasteiger partial charge in [0.1, 0.15) is 13.2 Å². The van der Waals surface area contributed by atoms with Crippen LogP contribution in [-0.2, 0) is 32.3 Å². The second-order valence-corrected chi connectivity index (χ2v) is 9.95. The average molecular weight is 702 g/mol. The lowest BCUT2D eigenvalue weighted by molar-refractivity contribution is -0.385. The van der Waals surface area contributed by atoms with Gasteiger partial charge in [-0.3, -0.25) is 25.0 Å². The predicted octanol–water partition coefficient (Wildman–Crippen LogP) is 1.96. The Labute approximate surface area is 273 Å². The lowest BCUT2D eigenvalue weighted by atomic mass is 10.2. The van der Waals surface area contributed by atoms with E-state index in [1.54, 1.807) is 0 Å². The lowest BCUT2D eigenvalue weighted by Gasteiger charge is -2.24. The molecule has 1 unspecified atom stereocenters. The standard InChI is InChI=1S/C25H29N7O10.C2HF3O2/c26-23(29-24(35)41-14-16-1-5-19(6-2-16)31(37)38)30(13-21(33)11-22(34)28-18-9-10-27-12-18)25(36)42-15-17-3-7-20(8-4-17)32(39)40;3-2(4,5)1(6)7/h1-8,18,21,27,33H,9-15H2,(H,28,34)(H2,26,29,35);(H,6,7)/t18-,21?;/m0./s1. The number of ether oxygens (including phenoxy) is 2. The van der Waals surface area contributed by atoms with Crippen LogP contribution in [0.3, 0.4) is 0 Å². The zero-order valence-electron chi connectivity index (χ0n) is 25.2. The van der Waals surface area contributed by atoms with E-state index in [0.717, 1.165) is 13.0 Å². The van der Waals surface area contributed by atoms with Crippen LogP contribution in [0.1, 0.15) is 24.0 Å². The lowest BCUT2D eigenvalue weighted by Crippen LogP contribution is -2.48. The van der Waals surface area contributed by atoms with Gasteiger partial charge in [-0.05, 0) is 48.4 Å². The van der Waals surface area contributed by atoms with E-state index in [9.17, 15) is 52.9 Å². The third-order valence-corrected chi connectivity index (χ3v) is 6.20. The van der Waals surface area contributed by atoms with Crippen molar-refractivity contribution < 1.29 is 61.9 Å². The Hall–Kier alpha value is -5.90. The number of guanidine groups is 1. The number of aliphatic imine (C=N–C) groups is 1. The Kier molecular flexibility index (Phi) is 14.8. The van der Waals surface area contributed by atoms with Crippen molar-refractivity contribution >= 4 is 41.4 Å². The molecule has 1 heterocycles. The van der Waals surface area contributed by atoms with Crippen molar-refractivity contribution in [2.24, 2.45) is 10.7 Å². The summed E-state index contributed by atoms with van der Waals surface area (Å²) in [6.07, 6.45) is -8.50. The number of aliphatic hydroxyl groups excluding tert-OH is 1. The summed E-state index contributed by atoms with van der Waals surface area (Å²) >= 11 is 0. The molecule has 0 aromatic heterocycles. The van der Waals surface area contributed by atoms with Crippen LogP contribution in [0.2, 0.25) is 0 Å². The van der Waals surface area contributed by atoms with E-state index in [-0.39, 0.29) is 37.1 Å². The number of nitro benzene ring substituents is 2. The van der Waals surface area contributed by atoms with Crippen LogP contribution in [0.5, 0.6) is 0 Å². The third kappa shape index (κ3) is 14.2. The maximum absolute atomic E-state index is 12.9. The van der Waals surface area contributed by atoms with E-state index < -0.39 is 58.7 Å². The highest BCUT2D eigenvalue weighted by atomic mass is 19.4. The van der Waals surface area contributed by atoms with Crippen molar-refractivity contribution in [2.45, 2.75) is 44.4 Å². The second-order valence-electron chi connectivity index (χ2n) is 9.95. The normalized spacial score (nSPS) is 14.8. The van der Waals surface area contributed by atoms with Gasteiger partial charge in [-0.15, -0.1) is 4.99 Å². The van der Waals surface area contributed by atoms with Crippen molar-refractivity contribution in [3.8, 4) is 0 Å². The van der Waals surface area contributed by atoms with E-state index in [1.807, 2.05) is 0 Å². The first kappa shape index (κ1) is 39.3. The first-order valence-corrected chi connectivity index (χ1v) is 13.9. The summed E-state index contributed by atoms with van der Waals surface area (Å²) in [5.74, 6) is -3.92. The number of carbonyl (C=O) groups excluding carboxylic acids is 3. The number of benzene rings is 2. The number of non-ortho nitro benzene ring substituents is 2. The van der Waals surface area contributed by atoms with Crippen LogP contribution >= 0.6 is 0 Å². The van der Waals surface area contributed by atoms with Crippen molar-refractivity contribution in [3.63, 3.8) is 0 Å². The molecular formula is C27H30F3N7O12. The topological polar surface area (TPSA) is 279 Å². The van der Waals surface area contributed by atoms with Crippen LogP contribution in [0.25, 0.3) is 0 Å². The Morgan fingerprint density at radius 2 is 1.49 bits per heavy atom. The number of nitro groups is 2. The molecule has 1 fully saturated rings. The zero-order chi connectivity index (χ0) is 36.7. The zero-order valence-corrected chi connectivity index (χ0v) is 25.2. The monoisotopic (exact) mass is 701 g/mol. The van der Waals surface area contributed by atoms with Crippen molar-refractivity contribution in [1.29, 1.82) is 0 Å². The molecule has 1 saturated heterocycles. The molecule has 2 aromatic rings. The molecule has 266 valence electrons. The number of rotatable bonds is 11. The number of carboxylic acids is 1. The molecule has 0 spiro atoms.